The van der Waals surface area contributed by atoms with E-state index in [1.54, 1.807) is 0 Å². The number of nitrogens with zero attached hydrogens (tertiary/aromatic N) is 1. The Balaban J connectivity index is 1.67. The van der Waals surface area contributed by atoms with Crippen molar-refractivity contribution in [2.45, 2.75) is 42.7 Å². The summed E-state index contributed by atoms with van der Waals surface area (Å²) in [6, 6.07) is 8.06. The monoisotopic (exact) mass is 365 g/mol. The molecule has 0 aliphatic carbocycles. The van der Waals surface area contributed by atoms with E-state index >= 15 is 0 Å². The predicted octanol–water partition coefficient (Wildman–Crippen LogP) is 4.02. The summed E-state index contributed by atoms with van der Waals surface area (Å²) in [5.74, 6) is 1.64. The molecule has 6 heteroatoms. The Kier molecular flexibility index (Phi) is 6.11. The van der Waals surface area contributed by atoms with Crippen molar-refractivity contribution in [3.63, 3.8) is 0 Å². The normalized spacial score (nSPS) is 21.8. The maximum Gasteiger partial charge on any atom is 0.303 e. The van der Waals surface area contributed by atoms with Crippen LogP contribution in [-0.2, 0) is 4.79 Å². The van der Waals surface area contributed by atoms with Crippen LogP contribution in [0.15, 0.2) is 24.3 Å². The summed E-state index contributed by atoms with van der Waals surface area (Å²) in [7, 11) is 0. The highest BCUT2D eigenvalue weighted by Gasteiger charge is 2.28. The fraction of sp³-hybridized carbons (Fsp3) is 0.556. The average molecular weight is 366 g/mol. The molecule has 1 amide bonds. The Bertz CT molecular complexity index is 584. The first-order chi connectivity index (χ1) is 11.6. The summed E-state index contributed by atoms with van der Waals surface area (Å²) in [6.45, 7) is 0.735. The summed E-state index contributed by atoms with van der Waals surface area (Å²) < 4.78 is 0.493. The van der Waals surface area contributed by atoms with Gasteiger partial charge in [0.1, 0.15) is 0 Å². The van der Waals surface area contributed by atoms with Crippen molar-refractivity contribution in [3.05, 3.63) is 35.4 Å². The molecule has 3 rings (SSSR count). The lowest BCUT2D eigenvalue weighted by molar-refractivity contribution is -0.137. The second-order valence-electron chi connectivity index (χ2n) is 6.28. The molecule has 130 valence electrons. The Morgan fingerprint density at radius 3 is 2.50 bits per heavy atom. The smallest absolute Gasteiger partial charge is 0.303 e. The number of carbonyl (C=O) groups is 2. The summed E-state index contributed by atoms with van der Waals surface area (Å²) in [5, 5.41) is 8.91. The third kappa shape index (κ3) is 4.28. The lowest BCUT2D eigenvalue weighted by Crippen LogP contribution is -2.43. The molecule has 0 bridgehead atoms. The fourth-order valence-electron chi connectivity index (χ4n) is 3.36. The molecule has 1 unspecified atom stereocenters. The van der Waals surface area contributed by atoms with Crippen molar-refractivity contribution in [1.82, 2.24) is 4.90 Å². The molecule has 1 aromatic rings. The van der Waals surface area contributed by atoms with Crippen molar-refractivity contribution < 1.29 is 14.7 Å². The van der Waals surface area contributed by atoms with Gasteiger partial charge in [0.25, 0.3) is 5.91 Å². The fourth-order valence-corrected chi connectivity index (χ4v) is 6.22. The Morgan fingerprint density at radius 1 is 1.12 bits per heavy atom. The summed E-state index contributed by atoms with van der Waals surface area (Å²) in [6.07, 6.45) is 3.66. The number of carbonyl (C=O) groups excluding carboxylic acids is 1. The highest BCUT2D eigenvalue weighted by molar-refractivity contribution is 8.19. The maximum absolute atomic E-state index is 12.9. The van der Waals surface area contributed by atoms with Gasteiger partial charge in [-0.25, -0.2) is 0 Å². The van der Waals surface area contributed by atoms with Gasteiger partial charge in [-0.1, -0.05) is 12.1 Å². The van der Waals surface area contributed by atoms with Crippen LogP contribution in [0.1, 0.15) is 52.6 Å². The first kappa shape index (κ1) is 17.7. The zero-order valence-corrected chi connectivity index (χ0v) is 15.3. The molecular weight excluding hydrogens is 342 g/mol. The third-order valence-electron chi connectivity index (χ3n) is 4.63. The molecule has 4 nitrogen and oxygen atoms in total. The molecule has 0 radical (unpaired) electrons. The van der Waals surface area contributed by atoms with Gasteiger partial charge in [-0.15, -0.1) is 23.5 Å². The van der Waals surface area contributed by atoms with Crippen LogP contribution in [0.2, 0.25) is 0 Å². The van der Waals surface area contributed by atoms with E-state index in [0.717, 1.165) is 25.8 Å². The number of aliphatic carboxylic acids is 1. The van der Waals surface area contributed by atoms with E-state index in [2.05, 4.69) is 12.1 Å². The van der Waals surface area contributed by atoms with Gasteiger partial charge in [-0.05, 0) is 43.4 Å². The number of amides is 1. The molecule has 0 saturated carbocycles. The SMILES string of the molecule is O=C(O)CCC1CCCCN1C(=O)c1ccc(C2SCCS2)cc1. The average Bonchev–Trinajstić information content (AvgIpc) is 3.14. The number of carboxylic acid groups (broad SMARTS) is 1. The van der Waals surface area contributed by atoms with Gasteiger partial charge in [0.2, 0.25) is 0 Å². The minimum absolute atomic E-state index is 0.0448. The van der Waals surface area contributed by atoms with Crippen LogP contribution in [0.4, 0.5) is 0 Å². The van der Waals surface area contributed by atoms with E-state index < -0.39 is 5.97 Å². The Morgan fingerprint density at radius 2 is 1.83 bits per heavy atom. The van der Waals surface area contributed by atoms with Crippen LogP contribution < -0.4 is 0 Å². The molecule has 1 N–H and O–H groups in total. The molecule has 2 heterocycles. The summed E-state index contributed by atoms with van der Waals surface area (Å²) in [5.41, 5.74) is 1.99. The largest absolute Gasteiger partial charge is 0.481 e. The lowest BCUT2D eigenvalue weighted by Gasteiger charge is -2.35. The number of piperidine rings is 1. The van der Waals surface area contributed by atoms with E-state index in [1.807, 2.05) is 40.6 Å². The van der Waals surface area contributed by atoms with Crippen LogP contribution in [-0.4, -0.2) is 46.0 Å². The number of benzene rings is 1. The Labute approximate surface area is 151 Å². The molecule has 0 aromatic heterocycles. The standard InChI is InChI=1S/C18H23NO3S2/c20-16(21)9-8-15-3-1-2-10-19(15)17(22)13-4-6-14(7-5-13)18-23-11-12-24-18/h4-7,15,18H,1-3,8-12H2,(H,20,21). The van der Waals surface area contributed by atoms with Gasteiger partial charge in [0.05, 0.1) is 4.58 Å². The van der Waals surface area contributed by atoms with E-state index in [4.69, 9.17) is 5.11 Å². The lowest BCUT2D eigenvalue weighted by atomic mass is 9.96. The molecule has 24 heavy (non-hydrogen) atoms. The van der Waals surface area contributed by atoms with Crippen molar-refractivity contribution in [1.29, 1.82) is 0 Å². The minimum Gasteiger partial charge on any atom is -0.481 e. The number of rotatable bonds is 5. The van der Waals surface area contributed by atoms with E-state index in [-0.39, 0.29) is 18.4 Å². The molecular formula is C18H23NO3S2. The number of hydrogen-bond donors (Lipinski definition) is 1. The van der Waals surface area contributed by atoms with E-state index in [9.17, 15) is 9.59 Å². The van der Waals surface area contributed by atoms with Crippen LogP contribution >= 0.6 is 23.5 Å². The third-order valence-corrected chi connectivity index (χ3v) is 7.74. The second kappa shape index (κ2) is 8.30. The summed E-state index contributed by atoms with van der Waals surface area (Å²) >= 11 is 3.92. The second-order valence-corrected chi connectivity index (χ2v) is 9.00. The van der Waals surface area contributed by atoms with Crippen molar-refractivity contribution >= 4 is 35.4 Å². The van der Waals surface area contributed by atoms with Gasteiger partial charge in [0.15, 0.2) is 0 Å². The number of carboxylic acids is 1. The predicted molar refractivity (Wildman–Crippen MR) is 99.6 cm³/mol. The van der Waals surface area contributed by atoms with Gasteiger partial charge < -0.3 is 10.0 Å². The van der Waals surface area contributed by atoms with Gasteiger partial charge >= 0.3 is 5.97 Å². The number of likely N-dealkylation sites (tertiary alicyclic amines) is 1. The molecule has 1 aromatic carbocycles. The minimum atomic E-state index is -0.788. The molecule has 2 aliphatic rings. The number of thioether (sulfide) groups is 2. The zero-order chi connectivity index (χ0) is 16.9. The first-order valence-corrected chi connectivity index (χ1v) is 10.6. The van der Waals surface area contributed by atoms with E-state index in [1.165, 1.54) is 17.1 Å². The van der Waals surface area contributed by atoms with Gasteiger partial charge in [-0.2, -0.15) is 0 Å². The number of hydrogen-bond acceptors (Lipinski definition) is 4. The van der Waals surface area contributed by atoms with Crippen molar-refractivity contribution in [2.24, 2.45) is 0 Å². The molecule has 2 fully saturated rings. The van der Waals surface area contributed by atoms with Crippen molar-refractivity contribution in [3.8, 4) is 0 Å². The molecule has 1 atom stereocenters. The molecule has 2 saturated heterocycles. The van der Waals surface area contributed by atoms with Crippen LogP contribution in [0.25, 0.3) is 0 Å². The topological polar surface area (TPSA) is 57.6 Å². The highest BCUT2D eigenvalue weighted by Crippen LogP contribution is 2.45. The first-order valence-electron chi connectivity index (χ1n) is 8.51. The summed E-state index contributed by atoms with van der Waals surface area (Å²) in [4.78, 5) is 25.6. The highest BCUT2D eigenvalue weighted by atomic mass is 32.2. The van der Waals surface area contributed by atoms with Crippen LogP contribution in [0, 0.1) is 0 Å². The quantitative estimate of drug-likeness (QED) is 0.854. The van der Waals surface area contributed by atoms with Gasteiger partial charge in [0, 0.05) is 36.1 Å². The maximum atomic E-state index is 12.9. The molecule has 0 spiro atoms. The molecule has 2 aliphatic heterocycles. The van der Waals surface area contributed by atoms with Gasteiger partial charge in [-0.3, -0.25) is 9.59 Å². The van der Waals surface area contributed by atoms with Crippen LogP contribution in [0.3, 0.4) is 0 Å². The van der Waals surface area contributed by atoms with Crippen LogP contribution in [0.5, 0.6) is 0 Å². The van der Waals surface area contributed by atoms with Crippen molar-refractivity contribution in [2.75, 3.05) is 18.1 Å². The Hall–Kier alpha value is -1.14. The zero-order valence-electron chi connectivity index (χ0n) is 13.6. The van der Waals surface area contributed by atoms with E-state index in [0.29, 0.717) is 16.6 Å².